The van der Waals surface area contributed by atoms with E-state index in [-0.39, 0.29) is 12.6 Å². The second-order valence-corrected chi connectivity index (χ2v) is 7.73. The minimum atomic E-state index is -0.627. The molecular formula is C24H23N2O3S+. The highest BCUT2D eigenvalue weighted by atomic mass is 32.1. The number of pyridine rings is 1. The van der Waals surface area contributed by atoms with E-state index in [0.717, 1.165) is 28.2 Å². The molecule has 1 aliphatic heterocycles. The molecule has 6 heteroatoms. The van der Waals surface area contributed by atoms with E-state index in [4.69, 9.17) is 21.7 Å². The fraction of sp³-hybridized carbons (Fsp3) is 0.208. The largest absolute Gasteiger partial charge is 0.454 e. The Labute approximate surface area is 181 Å². The molecule has 0 amide bonds. The minimum Gasteiger partial charge on any atom is -0.454 e. The summed E-state index contributed by atoms with van der Waals surface area (Å²) in [5, 5.41) is 3.26. The number of Topliss-reactive ketones (excluding diaryl/α,β-unsaturated/α-hetero) is 1. The summed E-state index contributed by atoms with van der Waals surface area (Å²) in [7, 11) is 0. The Hall–Kier alpha value is -3.25. The molecule has 30 heavy (non-hydrogen) atoms. The molecular weight excluding hydrogens is 396 g/mol. The van der Waals surface area contributed by atoms with Crippen molar-refractivity contribution >= 4 is 23.0 Å². The number of hydrogen-bond acceptors (Lipinski definition) is 4. The Bertz CT molecular complexity index is 1100. The summed E-state index contributed by atoms with van der Waals surface area (Å²) < 4.78 is 12.6. The van der Waals surface area contributed by atoms with Crippen molar-refractivity contribution in [2.24, 2.45) is 0 Å². The van der Waals surface area contributed by atoms with Crippen molar-refractivity contribution in [3.8, 4) is 11.5 Å². The van der Waals surface area contributed by atoms with E-state index < -0.39 is 6.04 Å². The van der Waals surface area contributed by atoms with Crippen LogP contribution in [0.25, 0.3) is 0 Å². The first kappa shape index (κ1) is 20.0. The van der Waals surface area contributed by atoms with Crippen molar-refractivity contribution in [3.63, 3.8) is 0 Å². The van der Waals surface area contributed by atoms with Gasteiger partial charge in [0.15, 0.2) is 28.9 Å². The molecule has 1 aromatic heterocycles. The van der Waals surface area contributed by atoms with Gasteiger partial charge in [0.1, 0.15) is 0 Å². The van der Waals surface area contributed by atoms with Crippen LogP contribution in [0.15, 0.2) is 67.0 Å². The van der Waals surface area contributed by atoms with Crippen molar-refractivity contribution in [2.45, 2.75) is 26.4 Å². The lowest BCUT2D eigenvalue weighted by Crippen LogP contribution is -2.51. The maximum absolute atomic E-state index is 13.4. The number of aromatic nitrogens is 1. The van der Waals surface area contributed by atoms with Gasteiger partial charge in [0.2, 0.25) is 12.6 Å². The molecule has 1 N–H and O–H groups in total. The normalized spacial score (nSPS) is 13.0. The number of fused-ring (bicyclic) bond motifs is 1. The van der Waals surface area contributed by atoms with Crippen LogP contribution in [0.3, 0.4) is 0 Å². The lowest BCUT2D eigenvalue weighted by atomic mass is 9.99. The zero-order valence-corrected chi connectivity index (χ0v) is 17.7. The van der Waals surface area contributed by atoms with Crippen LogP contribution in [0, 0.1) is 13.8 Å². The van der Waals surface area contributed by atoms with Gasteiger partial charge in [-0.3, -0.25) is 4.79 Å². The third-order valence-corrected chi connectivity index (χ3v) is 5.60. The standard InChI is InChI=1S/C24H22N2O3S/c1-16-6-8-19(12-17(16)2)23(27)22(26-10-4-3-5-11-26)24(30)25-14-18-7-9-20-21(13-18)29-15-28-20/h3-13,22H,14-15H2,1-2H3/p+1/t22-/m0/s1. The summed E-state index contributed by atoms with van der Waals surface area (Å²) in [5.74, 6) is 1.42. The summed E-state index contributed by atoms with van der Waals surface area (Å²) in [4.78, 5) is 13.9. The molecule has 0 fully saturated rings. The summed E-state index contributed by atoms with van der Waals surface area (Å²) in [6, 6.07) is 16.6. The van der Waals surface area contributed by atoms with Crippen molar-refractivity contribution in [2.75, 3.05) is 6.79 Å². The zero-order chi connectivity index (χ0) is 21.1. The molecule has 0 radical (unpaired) electrons. The summed E-state index contributed by atoms with van der Waals surface area (Å²) in [6.07, 6.45) is 3.72. The Kier molecular flexibility index (Phi) is 5.77. The van der Waals surface area contributed by atoms with Gasteiger partial charge in [-0.25, -0.2) is 0 Å². The molecule has 2 heterocycles. The van der Waals surface area contributed by atoms with Crippen molar-refractivity contribution in [1.82, 2.24) is 5.32 Å². The smallest absolute Gasteiger partial charge is 0.270 e. The third kappa shape index (κ3) is 4.19. The maximum atomic E-state index is 13.4. The van der Waals surface area contributed by atoms with Gasteiger partial charge in [0.05, 0.1) is 0 Å². The Balaban J connectivity index is 1.57. The first-order valence-electron chi connectivity index (χ1n) is 9.76. The highest BCUT2D eigenvalue weighted by Gasteiger charge is 2.33. The number of benzene rings is 2. The fourth-order valence-electron chi connectivity index (χ4n) is 3.36. The fourth-order valence-corrected chi connectivity index (χ4v) is 3.66. The van der Waals surface area contributed by atoms with Gasteiger partial charge in [-0.2, -0.15) is 4.57 Å². The maximum Gasteiger partial charge on any atom is 0.270 e. The Morgan fingerprint density at radius 3 is 2.57 bits per heavy atom. The van der Waals surface area contributed by atoms with Crippen LogP contribution in [0.5, 0.6) is 11.5 Å². The molecule has 0 aliphatic carbocycles. The second kappa shape index (κ2) is 8.63. The van der Waals surface area contributed by atoms with Crippen molar-refractivity contribution < 1.29 is 18.8 Å². The van der Waals surface area contributed by atoms with Crippen LogP contribution in [-0.2, 0) is 6.54 Å². The number of rotatable bonds is 6. The molecule has 5 nitrogen and oxygen atoms in total. The van der Waals surface area contributed by atoms with Gasteiger partial charge >= 0.3 is 0 Å². The van der Waals surface area contributed by atoms with Crippen LogP contribution in [0.2, 0.25) is 0 Å². The number of carbonyl (C=O) groups is 1. The molecule has 2 aromatic carbocycles. The number of aryl methyl sites for hydroxylation is 2. The van der Waals surface area contributed by atoms with Gasteiger partial charge in [-0.1, -0.05) is 36.5 Å². The summed E-state index contributed by atoms with van der Waals surface area (Å²) >= 11 is 5.68. The van der Waals surface area contributed by atoms with Crippen molar-refractivity contribution in [3.05, 3.63) is 89.2 Å². The number of ether oxygens (including phenoxy) is 2. The van der Waals surface area contributed by atoms with E-state index in [2.05, 4.69) is 5.32 Å². The van der Waals surface area contributed by atoms with Gasteiger partial charge in [-0.05, 0) is 48.7 Å². The lowest BCUT2D eigenvalue weighted by molar-refractivity contribution is -0.692. The molecule has 3 aromatic rings. The molecule has 4 rings (SSSR count). The molecule has 1 atom stereocenters. The molecule has 0 unspecified atom stereocenters. The molecule has 0 bridgehead atoms. The van der Waals surface area contributed by atoms with E-state index in [9.17, 15) is 4.79 Å². The van der Waals surface area contributed by atoms with Crippen LogP contribution >= 0.6 is 12.2 Å². The Morgan fingerprint density at radius 1 is 1.03 bits per heavy atom. The van der Waals surface area contributed by atoms with Gasteiger partial charge in [0.25, 0.3) is 6.04 Å². The highest BCUT2D eigenvalue weighted by Crippen LogP contribution is 2.32. The number of thiocarbonyl (C=S) groups is 1. The van der Waals surface area contributed by atoms with E-state index >= 15 is 0 Å². The van der Waals surface area contributed by atoms with Gasteiger partial charge < -0.3 is 14.8 Å². The first-order valence-corrected chi connectivity index (χ1v) is 10.2. The van der Waals surface area contributed by atoms with Crippen molar-refractivity contribution in [1.29, 1.82) is 0 Å². The number of nitrogens with zero attached hydrogens (tertiary/aromatic N) is 1. The quantitative estimate of drug-likeness (QED) is 0.374. The lowest BCUT2D eigenvalue weighted by Gasteiger charge is -2.15. The summed E-state index contributed by atoms with van der Waals surface area (Å²) in [5.41, 5.74) is 3.87. The van der Waals surface area contributed by atoms with E-state index in [1.54, 1.807) is 0 Å². The second-order valence-electron chi connectivity index (χ2n) is 7.29. The monoisotopic (exact) mass is 419 g/mol. The first-order chi connectivity index (χ1) is 14.5. The molecule has 0 saturated carbocycles. The average molecular weight is 420 g/mol. The van der Waals surface area contributed by atoms with E-state index in [1.165, 1.54) is 0 Å². The molecule has 152 valence electrons. The van der Waals surface area contributed by atoms with Crippen LogP contribution < -0.4 is 19.4 Å². The average Bonchev–Trinajstić information content (AvgIpc) is 3.23. The molecule has 1 aliphatic rings. The number of carbonyl (C=O) groups excluding carboxylic acids is 1. The highest BCUT2D eigenvalue weighted by molar-refractivity contribution is 7.80. The number of hydrogen-bond donors (Lipinski definition) is 1. The molecule has 0 saturated heterocycles. The van der Waals surface area contributed by atoms with Gasteiger partial charge in [0, 0.05) is 24.2 Å². The van der Waals surface area contributed by atoms with E-state index in [1.807, 2.05) is 85.4 Å². The molecule has 0 spiro atoms. The predicted molar refractivity (Wildman–Crippen MR) is 118 cm³/mol. The predicted octanol–water partition coefficient (Wildman–Crippen LogP) is 3.86. The topological polar surface area (TPSA) is 51.4 Å². The SMILES string of the molecule is Cc1ccc(C(=O)[C@@H](C(=S)NCc2ccc3c(c2)OCO3)[n+]2ccccc2)cc1C. The summed E-state index contributed by atoms with van der Waals surface area (Å²) in [6.45, 7) is 4.76. The zero-order valence-electron chi connectivity index (χ0n) is 16.9. The minimum absolute atomic E-state index is 0.0440. The number of ketones is 1. The Morgan fingerprint density at radius 2 is 1.80 bits per heavy atom. The van der Waals surface area contributed by atoms with Crippen LogP contribution in [0.1, 0.15) is 33.1 Å². The van der Waals surface area contributed by atoms with Gasteiger partial charge in [-0.15, -0.1) is 0 Å². The number of nitrogens with one attached hydrogen (secondary N) is 1. The third-order valence-electron chi connectivity index (χ3n) is 5.23. The van der Waals surface area contributed by atoms with Crippen LogP contribution in [0.4, 0.5) is 0 Å². The van der Waals surface area contributed by atoms with Crippen LogP contribution in [-0.4, -0.2) is 17.6 Å². The van der Waals surface area contributed by atoms with E-state index in [0.29, 0.717) is 17.1 Å².